The maximum Gasteiger partial charge on any atom is 0.270 e. The molecular weight excluding hydrogens is 452 g/mol. The minimum atomic E-state index is -3.80. The predicted molar refractivity (Wildman–Crippen MR) is 136 cm³/mol. The highest BCUT2D eigenvalue weighted by molar-refractivity contribution is 7.89. The molecule has 0 saturated carbocycles. The first-order valence-corrected chi connectivity index (χ1v) is 13.3. The second-order valence-electron chi connectivity index (χ2n) is 9.89. The summed E-state index contributed by atoms with van der Waals surface area (Å²) in [6.07, 6.45) is 3.29. The summed E-state index contributed by atoms with van der Waals surface area (Å²) < 4.78 is 33.5. The van der Waals surface area contributed by atoms with Crippen LogP contribution in [0.3, 0.4) is 0 Å². The van der Waals surface area contributed by atoms with E-state index in [9.17, 15) is 18.5 Å². The first-order chi connectivity index (χ1) is 15.8. The summed E-state index contributed by atoms with van der Waals surface area (Å²) in [5, 5.41) is 10.9. The number of hydrogen-bond acceptors (Lipinski definition) is 5. The first kappa shape index (κ1) is 27.8. The predicted octanol–water partition coefficient (Wildman–Crippen LogP) is 6.11. The van der Waals surface area contributed by atoms with Gasteiger partial charge in [0.1, 0.15) is 5.75 Å². The molecule has 0 aliphatic carbocycles. The minimum absolute atomic E-state index is 0.0247. The van der Waals surface area contributed by atoms with Gasteiger partial charge in [-0.3, -0.25) is 10.1 Å². The van der Waals surface area contributed by atoms with Gasteiger partial charge in [0.25, 0.3) is 5.69 Å². The van der Waals surface area contributed by atoms with Crippen LogP contribution < -0.4 is 9.46 Å². The van der Waals surface area contributed by atoms with Crippen molar-refractivity contribution < 1.29 is 18.1 Å². The van der Waals surface area contributed by atoms with E-state index in [1.807, 2.05) is 0 Å². The second kappa shape index (κ2) is 11.3. The number of sulfonamides is 1. The number of rotatable bonds is 13. The Balaban J connectivity index is 1.97. The van der Waals surface area contributed by atoms with Crippen molar-refractivity contribution >= 4 is 15.7 Å². The molecule has 7 nitrogen and oxygen atoms in total. The SMILES string of the molecule is CCC(C)(C)c1ccc(OCCCCNS(=O)(=O)c2cccc([N+](=O)[O-])c2)c(C(C)(C)CC)c1. The number of non-ortho nitro benzene ring substituents is 1. The van der Waals surface area contributed by atoms with Crippen LogP contribution >= 0.6 is 0 Å². The third-order valence-electron chi connectivity index (χ3n) is 6.72. The lowest BCUT2D eigenvalue weighted by molar-refractivity contribution is -0.385. The minimum Gasteiger partial charge on any atom is -0.493 e. The summed E-state index contributed by atoms with van der Waals surface area (Å²) in [7, 11) is -3.80. The van der Waals surface area contributed by atoms with E-state index >= 15 is 0 Å². The van der Waals surface area contributed by atoms with E-state index in [-0.39, 0.29) is 28.0 Å². The third-order valence-corrected chi connectivity index (χ3v) is 8.18. The van der Waals surface area contributed by atoms with Crippen molar-refractivity contribution in [3.05, 3.63) is 63.7 Å². The topological polar surface area (TPSA) is 98.5 Å². The van der Waals surface area contributed by atoms with Crippen LogP contribution in [0, 0.1) is 10.1 Å². The molecule has 0 saturated heterocycles. The smallest absolute Gasteiger partial charge is 0.270 e. The van der Waals surface area contributed by atoms with Crippen LogP contribution in [0.15, 0.2) is 47.4 Å². The van der Waals surface area contributed by atoms with Gasteiger partial charge >= 0.3 is 0 Å². The Hall–Kier alpha value is -2.45. The average Bonchev–Trinajstić information content (AvgIpc) is 2.81. The van der Waals surface area contributed by atoms with Crippen LogP contribution in [0.4, 0.5) is 5.69 Å². The quantitative estimate of drug-likeness (QED) is 0.208. The number of nitrogens with zero attached hydrogens (tertiary/aromatic N) is 1. The summed E-state index contributed by atoms with van der Waals surface area (Å²) in [5.41, 5.74) is 2.31. The highest BCUT2D eigenvalue weighted by Gasteiger charge is 2.26. The highest BCUT2D eigenvalue weighted by atomic mass is 32.2. The standard InChI is InChI=1S/C26H38N2O5S/c1-7-25(3,4)20-14-15-24(23(18-20)26(5,6)8-2)33-17-10-9-16-27-34(31,32)22-13-11-12-21(19-22)28(29)30/h11-15,18-19,27H,7-10,16-17H2,1-6H3. The zero-order valence-electron chi connectivity index (χ0n) is 21.2. The van der Waals surface area contributed by atoms with Gasteiger partial charge in [0.05, 0.1) is 16.4 Å². The van der Waals surface area contributed by atoms with E-state index in [0.717, 1.165) is 24.7 Å². The van der Waals surface area contributed by atoms with Crippen LogP contribution in [0.5, 0.6) is 5.75 Å². The molecule has 0 spiro atoms. The van der Waals surface area contributed by atoms with E-state index in [2.05, 4.69) is 64.5 Å². The lowest BCUT2D eigenvalue weighted by Crippen LogP contribution is -2.25. The summed E-state index contributed by atoms with van der Waals surface area (Å²) >= 11 is 0. The molecule has 0 radical (unpaired) electrons. The van der Waals surface area contributed by atoms with E-state index in [4.69, 9.17) is 4.74 Å². The monoisotopic (exact) mass is 490 g/mol. The lowest BCUT2D eigenvalue weighted by Gasteiger charge is -2.30. The molecule has 2 aromatic rings. The molecule has 0 bridgehead atoms. The summed E-state index contributed by atoms with van der Waals surface area (Å²) in [5.74, 6) is 0.875. The Morgan fingerprint density at radius 3 is 2.26 bits per heavy atom. The fraction of sp³-hybridized carbons (Fsp3) is 0.538. The Morgan fingerprint density at radius 1 is 0.971 bits per heavy atom. The average molecular weight is 491 g/mol. The van der Waals surface area contributed by atoms with Crippen LogP contribution in [0.1, 0.15) is 78.4 Å². The molecule has 0 fully saturated rings. The fourth-order valence-corrected chi connectivity index (χ4v) is 4.58. The third kappa shape index (κ3) is 7.03. The molecule has 8 heteroatoms. The van der Waals surface area contributed by atoms with Crippen LogP contribution in [0.2, 0.25) is 0 Å². The molecule has 0 atom stereocenters. The normalized spacial score (nSPS) is 12.5. The molecule has 34 heavy (non-hydrogen) atoms. The van der Waals surface area contributed by atoms with Gasteiger partial charge in [-0.25, -0.2) is 13.1 Å². The summed E-state index contributed by atoms with van der Waals surface area (Å²) in [6.45, 7) is 14.0. The summed E-state index contributed by atoms with van der Waals surface area (Å²) in [6, 6.07) is 11.5. The molecular formula is C26H38N2O5S. The molecule has 0 heterocycles. The van der Waals surface area contributed by atoms with Crippen molar-refractivity contribution in [3.8, 4) is 5.75 Å². The van der Waals surface area contributed by atoms with Gasteiger partial charge in [-0.15, -0.1) is 0 Å². The number of benzene rings is 2. The van der Waals surface area contributed by atoms with Crippen molar-refractivity contribution in [2.75, 3.05) is 13.2 Å². The van der Waals surface area contributed by atoms with Gasteiger partial charge in [0.15, 0.2) is 0 Å². The first-order valence-electron chi connectivity index (χ1n) is 11.9. The Kier molecular flexibility index (Phi) is 9.25. The molecule has 0 amide bonds. The van der Waals surface area contributed by atoms with Crippen molar-refractivity contribution in [1.29, 1.82) is 0 Å². The van der Waals surface area contributed by atoms with E-state index in [1.54, 1.807) is 0 Å². The zero-order chi connectivity index (χ0) is 25.6. The maximum absolute atomic E-state index is 12.4. The van der Waals surface area contributed by atoms with Gasteiger partial charge in [-0.05, 0) is 54.2 Å². The molecule has 2 aromatic carbocycles. The van der Waals surface area contributed by atoms with Crippen molar-refractivity contribution in [3.63, 3.8) is 0 Å². The van der Waals surface area contributed by atoms with Gasteiger partial charge < -0.3 is 4.74 Å². The number of unbranched alkanes of at least 4 members (excludes halogenated alkanes) is 1. The Morgan fingerprint density at radius 2 is 1.65 bits per heavy atom. The second-order valence-corrected chi connectivity index (χ2v) is 11.7. The van der Waals surface area contributed by atoms with Crippen molar-refractivity contribution in [1.82, 2.24) is 4.72 Å². The molecule has 0 unspecified atom stereocenters. The molecule has 0 aliphatic heterocycles. The van der Waals surface area contributed by atoms with Crippen LogP contribution in [-0.4, -0.2) is 26.5 Å². The molecule has 188 valence electrons. The van der Waals surface area contributed by atoms with Crippen molar-refractivity contribution in [2.24, 2.45) is 0 Å². The van der Waals surface area contributed by atoms with Gasteiger partial charge in [-0.2, -0.15) is 0 Å². The van der Waals surface area contributed by atoms with Gasteiger partial charge in [0.2, 0.25) is 10.0 Å². The Labute approximate surface area is 204 Å². The number of hydrogen-bond donors (Lipinski definition) is 1. The molecule has 0 aliphatic rings. The number of nitrogens with one attached hydrogen (secondary N) is 1. The number of nitro groups is 1. The van der Waals surface area contributed by atoms with E-state index in [1.165, 1.54) is 29.3 Å². The van der Waals surface area contributed by atoms with E-state index in [0.29, 0.717) is 19.4 Å². The van der Waals surface area contributed by atoms with E-state index < -0.39 is 14.9 Å². The number of nitro benzene ring substituents is 1. The Bertz CT molecular complexity index is 1090. The van der Waals surface area contributed by atoms with Crippen LogP contribution in [-0.2, 0) is 20.9 Å². The van der Waals surface area contributed by atoms with Crippen molar-refractivity contribution in [2.45, 2.75) is 83.0 Å². The zero-order valence-corrected chi connectivity index (χ0v) is 22.0. The highest BCUT2D eigenvalue weighted by Crippen LogP contribution is 2.38. The largest absolute Gasteiger partial charge is 0.493 e. The van der Waals surface area contributed by atoms with Gasteiger partial charge in [-0.1, -0.05) is 59.7 Å². The summed E-state index contributed by atoms with van der Waals surface area (Å²) in [4.78, 5) is 10.2. The maximum atomic E-state index is 12.4. The van der Waals surface area contributed by atoms with Crippen LogP contribution in [0.25, 0.3) is 0 Å². The molecule has 1 N–H and O–H groups in total. The van der Waals surface area contributed by atoms with Gasteiger partial charge in [0, 0.05) is 24.2 Å². The lowest BCUT2D eigenvalue weighted by atomic mass is 9.76. The molecule has 2 rings (SSSR count). The molecule has 0 aromatic heterocycles. The number of ether oxygens (including phenoxy) is 1. The fourth-order valence-electron chi connectivity index (χ4n) is 3.46.